The second-order valence-corrected chi connectivity index (χ2v) is 11.2. The highest BCUT2D eigenvalue weighted by atomic mass is 32.2. The fourth-order valence-corrected chi connectivity index (χ4v) is 5.31. The topological polar surface area (TPSA) is 54.4 Å². The van der Waals surface area contributed by atoms with Gasteiger partial charge < -0.3 is 0 Å². The zero-order valence-corrected chi connectivity index (χ0v) is 21.6. The van der Waals surface area contributed by atoms with Crippen LogP contribution in [-0.2, 0) is 10.1 Å². The van der Waals surface area contributed by atoms with E-state index in [1.807, 2.05) is 6.08 Å². The molecular weight excluding hydrogens is 404 g/mol. The summed E-state index contributed by atoms with van der Waals surface area (Å²) >= 11 is 0. The first-order valence-electron chi connectivity index (χ1n) is 13.6. The summed E-state index contributed by atoms with van der Waals surface area (Å²) in [5, 5.41) is -0.553. The van der Waals surface area contributed by atoms with Gasteiger partial charge in [0.1, 0.15) is 0 Å². The monoisotopic (exact) mass is 458 g/mol. The predicted molar refractivity (Wildman–Crippen MR) is 137 cm³/mol. The molecule has 0 aliphatic carbocycles. The van der Waals surface area contributed by atoms with Crippen LogP contribution in [0.1, 0.15) is 155 Å². The van der Waals surface area contributed by atoms with Crippen LogP contribution in [0, 0.1) is 0 Å². The van der Waals surface area contributed by atoms with Crippen LogP contribution in [0.4, 0.5) is 0 Å². The molecule has 0 radical (unpaired) electrons. The lowest BCUT2D eigenvalue weighted by Crippen LogP contribution is -2.20. The van der Waals surface area contributed by atoms with Crippen molar-refractivity contribution >= 4 is 10.1 Å². The molecule has 0 fully saturated rings. The standard InChI is InChI=1S/C27H54O3S/c1-3-5-7-9-11-12-13-14-15-16-17-18-20-22-24-26-27(31(28,29)30)25-23-21-19-10-8-6-4-2/h4,27H,2-3,5-26H2,1H3,(H,28,29,30). The van der Waals surface area contributed by atoms with Crippen LogP contribution < -0.4 is 0 Å². The molecule has 1 N–H and O–H groups in total. The smallest absolute Gasteiger partial charge is 0.267 e. The van der Waals surface area contributed by atoms with Crippen LogP contribution in [0.3, 0.4) is 0 Å². The Labute approximate surface area is 195 Å². The molecular formula is C27H54O3S. The molecule has 186 valence electrons. The first-order chi connectivity index (χ1) is 15.0. The molecule has 0 saturated carbocycles. The van der Waals surface area contributed by atoms with Crippen molar-refractivity contribution in [1.29, 1.82) is 0 Å². The van der Waals surface area contributed by atoms with Crippen molar-refractivity contribution in [3.8, 4) is 0 Å². The van der Waals surface area contributed by atoms with Gasteiger partial charge >= 0.3 is 0 Å². The SMILES string of the molecule is C=CCCCCCCCC(CCCCCCCCCCCCCCCCC)S(=O)(=O)O. The number of rotatable bonds is 25. The lowest BCUT2D eigenvalue weighted by molar-refractivity contribution is 0.442. The number of hydrogen-bond donors (Lipinski definition) is 1. The van der Waals surface area contributed by atoms with Crippen LogP contribution in [0.15, 0.2) is 12.7 Å². The second-order valence-electron chi connectivity index (χ2n) is 9.51. The molecule has 0 bridgehead atoms. The minimum absolute atomic E-state index is 0.553. The zero-order valence-electron chi connectivity index (χ0n) is 20.8. The Balaban J connectivity index is 3.54. The summed E-state index contributed by atoms with van der Waals surface area (Å²) in [6, 6.07) is 0. The minimum Gasteiger partial charge on any atom is -0.285 e. The van der Waals surface area contributed by atoms with E-state index in [4.69, 9.17) is 0 Å². The molecule has 1 atom stereocenters. The Bertz CT molecular complexity index is 473. The van der Waals surface area contributed by atoms with E-state index in [0.717, 1.165) is 38.5 Å². The third-order valence-corrected chi connectivity index (χ3v) is 7.80. The lowest BCUT2D eigenvalue weighted by atomic mass is 10.0. The molecule has 0 heterocycles. The van der Waals surface area contributed by atoms with Gasteiger partial charge in [-0.3, -0.25) is 4.55 Å². The van der Waals surface area contributed by atoms with E-state index >= 15 is 0 Å². The maximum absolute atomic E-state index is 11.7. The molecule has 0 saturated heterocycles. The third-order valence-electron chi connectivity index (χ3n) is 6.49. The summed E-state index contributed by atoms with van der Waals surface area (Å²) in [5.41, 5.74) is 0. The second kappa shape index (κ2) is 22.8. The van der Waals surface area contributed by atoms with Gasteiger partial charge in [-0.2, -0.15) is 8.42 Å². The van der Waals surface area contributed by atoms with Crippen molar-refractivity contribution in [3.63, 3.8) is 0 Å². The summed E-state index contributed by atoms with van der Waals surface area (Å²) in [4.78, 5) is 0. The van der Waals surface area contributed by atoms with E-state index < -0.39 is 15.4 Å². The summed E-state index contributed by atoms with van der Waals surface area (Å²) in [6.07, 6.45) is 29.4. The van der Waals surface area contributed by atoms with Crippen molar-refractivity contribution < 1.29 is 13.0 Å². The highest BCUT2D eigenvalue weighted by molar-refractivity contribution is 7.86. The Morgan fingerprint density at radius 1 is 0.613 bits per heavy atom. The average Bonchev–Trinajstić information content (AvgIpc) is 2.73. The quantitative estimate of drug-likeness (QED) is 0.0841. The minimum atomic E-state index is -3.90. The zero-order chi connectivity index (χ0) is 23.0. The normalized spacial score (nSPS) is 12.8. The van der Waals surface area contributed by atoms with Crippen LogP contribution in [0.5, 0.6) is 0 Å². The van der Waals surface area contributed by atoms with E-state index in [2.05, 4.69) is 13.5 Å². The van der Waals surface area contributed by atoms with Gasteiger partial charge in [0.25, 0.3) is 10.1 Å². The fraction of sp³-hybridized carbons (Fsp3) is 0.926. The molecule has 3 nitrogen and oxygen atoms in total. The van der Waals surface area contributed by atoms with Crippen molar-refractivity contribution in [2.75, 3.05) is 0 Å². The maximum Gasteiger partial charge on any atom is 0.267 e. The molecule has 4 heteroatoms. The highest BCUT2D eigenvalue weighted by Crippen LogP contribution is 2.19. The molecule has 0 aromatic carbocycles. The lowest BCUT2D eigenvalue weighted by Gasteiger charge is -2.13. The van der Waals surface area contributed by atoms with Crippen LogP contribution in [0.2, 0.25) is 0 Å². The van der Waals surface area contributed by atoms with Gasteiger partial charge in [-0.1, -0.05) is 135 Å². The molecule has 0 aromatic rings. The van der Waals surface area contributed by atoms with Gasteiger partial charge in [0.15, 0.2) is 0 Å². The summed E-state index contributed by atoms with van der Waals surface area (Å²) in [6.45, 7) is 6.00. The molecule has 31 heavy (non-hydrogen) atoms. The van der Waals surface area contributed by atoms with Crippen molar-refractivity contribution in [2.24, 2.45) is 0 Å². The van der Waals surface area contributed by atoms with E-state index in [0.29, 0.717) is 12.8 Å². The molecule has 0 aromatic heterocycles. The van der Waals surface area contributed by atoms with Crippen molar-refractivity contribution in [3.05, 3.63) is 12.7 Å². The van der Waals surface area contributed by atoms with E-state index in [9.17, 15) is 13.0 Å². The van der Waals surface area contributed by atoms with Crippen molar-refractivity contribution in [2.45, 2.75) is 160 Å². The van der Waals surface area contributed by atoms with Gasteiger partial charge in [0.05, 0.1) is 5.25 Å². The van der Waals surface area contributed by atoms with Crippen LogP contribution >= 0.6 is 0 Å². The first-order valence-corrected chi connectivity index (χ1v) is 15.1. The van der Waals surface area contributed by atoms with Gasteiger partial charge in [-0.25, -0.2) is 0 Å². The van der Waals surface area contributed by atoms with E-state index in [1.54, 1.807) is 0 Å². The van der Waals surface area contributed by atoms with Gasteiger partial charge in [0, 0.05) is 0 Å². The first kappa shape index (κ1) is 30.6. The number of allylic oxidation sites excluding steroid dienone is 1. The Kier molecular flexibility index (Phi) is 22.6. The van der Waals surface area contributed by atoms with Crippen molar-refractivity contribution in [1.82, 2.24) is 0 Å². The number of hydrogen-bond acceptors (Lipinski definition) is 2. The number of unbranched alkanes of at least 4 members (excludes halogenated alkanes) is 19. The Morgan fingerprint density at radius 2 is 0.935 bits per heavy atom. The molecule has 0 aliphatic rings. The van der Waals surface area contributed by atoms with E-state index in [1.165, 1.54) is 96.3 Å². The van der Waals surface area contributed by atoms with Gasteiger partial charge in [-0.15, -0.1) is 6.58 Å². The van der Waals surface area contributed by atoms with Gasteiger partial charge in [0.2, 0.25) is 0 Å². The fourth-order valence-electron chi connectivity index (χ4n) is 4.38. The van der Waals surface area contributed by atoms with Crippen LogP contribution in [-0.4, -0.2) is 18.2 Å². The van der Waals surface area contributed by atoms with E-state index in [-0.39, 0.29) is 0 Å². The van der Waals surface area contributed by atoms with Gasteiger partial charge in [-0.05, 0) is 25.7 Å². The highest BCUT2D eigenvalue weighted by Gasteiger charge is 2.21. The average molecular weight is 459 g/mol. The molecule has 0 rings (SSSR count). The predicted octanol–water partition coefficient (Wildman–Crippen LogP) is 9.42. The van der Waals surface area contributed by atoms with Crippen LogP contribution in [0.25, 0.3) is 0 Å². The molecule has 1 unspecified atom stereocenters. The third kappa shape index (κ3) is 22.6. The Morgan fingerprint density at radius 3 is 1.26 bits per heavy atom. The summed E-state index contributed by atoms with van der Waals surface area (Å²) < 4.78 is 32.8. The molecule has 0 spiro atoms. The summed E-state index contributed by atoms with van der Waals surface area (Å²) in [5.74, 6) is 0. The summed E-state index contributed by atoms with van der Waals surface area (Å²) in [7, 11) is -3.90. The Hall–Kier alpha value is -0.350. The maximum atomic E-state index is 11.7. The molecule has 0 amide bonds. The largest absolute Gasteiger partial charge is 0.285 e. The molecule has 0 aliphatic heterocycles.